The molecule has 1 aromatic carbocycles. The van der Waals surface area contributed by atoms with Crippen LogP contribution in [-0.4, -0.2) is 20.7 Å². The van der Waals surface area contributed by atoms with Gasteiger partial charge in [0.2, 0.25) is 11.8 Å². The van der Waals surface area contributed by atoms with Crippen molar-refractivity contribution in [2.45, 2.75) is 33.0 Å². The van der Waals surface area contributed by atoms with Gasteiger partial charge in [0.15, 0.2) is 0 Å². The van der Waals surface area contributed by atoms with Crippen molar-refractivity contribution in [1.82, 2.24) is 20.1 Å². The lowest BCUT2D eigenvalue weighted by Crippen LogP contribution is -2.24. The lowest BCUT2D eigenvalue weighted by Gasteiger charge is -2.11. The molecule has 0 saturated carbocycles. The molecule has 0 spiro atoms. The highest BCUT2D eigenvalue weighted by Crippen LogP contribution is 2.16. The lowest BCUT2D eigenvalue weighted by atomic mass is 10.2. The Bertz CT molecular complexity index is 846. The highest BCUT2D eigenvalue weighted by atomic mass is 16.5. The summed E-state index contributed by atoms with van der Waals surface area (Å²) in [5.74, 6) is 0.510. The number of carbonyl (C=O) groups is 1. The highest BCUT2D eigenvalue weighted by Gasteiger charge is 2.08. The number of benzene rings is 1. The molecule has 3 aromatic rings. The number of hydrogen-bond acceptors (Lipinski definition) is 4. The molecule has 6 heteroatoms. The minimum Gasteiger partial charge on any atom is -0.473 e. The molecule has 0 saturated heterocycles. The number of amides is 1. The fourth-order valence-corrected chi connectivity index (χ4v) is 2.50. The molecule has 0 fully saturated rings. The first-order valence-corrected chi connectivity index (χ1v) is 8.57. The topological polar surface area (TPSA) is 69.0 Å². The van der Waals surface area contributed by atoms with Gasteiger partial charge in [0, 0.05) is 37.5 Å². The van der Waals surface area contributed by atoms with E-state index in [2.05, 4.69) is 15.4 Å². The predicted molar refractivity (Wildman–Crippen MR) is 98.4 cm³/mol. The molecule has 2 aromatic heterocycles. The number of nitrogens with one attached hydrogen (secondary N) is 1. The van der Waals surface area contributed by atoms with Gasteiger partial charge >= 0.3 is 0 Å². The van der Waals surface area contributed by atoms with Crippen molar-refractivity contribution in [3.63, 3.8) is 0 Å². The number of aromatic nitrogens is 3. The minimum absolute atomic E-state index is 0.0315. The number of hydrogen-bond donors (Lipinski definition) is 1. The van der Waals surface area contributed by atoms with E-state index in [9.17, 15) is 4.79 Å². The summed E-state index contributed by atoms with van der Waals surface area (Å²) < 4.78 is 7.58. The van der Waals surface area contributed by atoms with Crippen molar-refractivity contribution < 1.29 is 9.53 Å². The van der Waals surface area contributed by atoms with Crippen molar-refractivity contribution in [1.29, 1.82) is 0 Å². The van der Waals surface area contributed by atoms with Gasteiger partial charge in [-0.15, -0.1) is 0 Å². The second-order valence-electron chi connectivity index (χ2n) is 6.05. The van der Waals surface area contributed by atoms with Crippen LogP contribution in [0.5, 0.6) is 5.88 Å². The Kier molecular flexibility index (Phi) is 5.98. The Labute approximate surface area is 152 Å². The van der Waals surface area contributed by atoms with Gasteiger partial charge in [0.1, 0.15) is 6.61 Å². The van der Waals surface area contributed by atoms with Gasteiger partial charge in [-0.2, -0.15) is 5.10 Å². The van der Waals surface area contributed by atoms with Crippen LogP contribution in [0.1, 0.15) is 23.1 Å². The molecular formula is C20H22N4O2. The molecule has 0 radical (unpaired) electrons. The first-order valence-electron chi connectivity index (χ1n) is 8.57. The summed E-state index contributed by atoms with van der Waals surface area (Å²) in [4.78, 5) is 16.4. The van der Waals surface area contributed by atoms with Crippen LogP contribution in [0.4, 0.5) is 0 Å². The van der Waals surface area contributed by atoms with Crippen LogP contribution in [0.15, 0.2) is 61.1 Å². The summed E-state index contributed by atoms with van der Waals surface area (Å²) in [5, 5.41) is 7.09. The van der Waals surface area contributed by atoms with Gasteiger partial charge in [-0.25, -0.2) is 4.98 Å². The third kappa shape index (κ3) is 5.17. The van der Waals surface area contributed by atoms with Crippen LogP contribution in [0.3, 0.4) is 0 Å². The van der Waals surface area contributed by atoms with Gasteiger partial charge in [-0.05, 0) is 24.1 Å². The third-order valence-electron chi connectivity index (χ3n) is 3.87. The Morgan fingerprint density at radius 3 is 2.81 bits per heavy atom. The van der Waals surface area contributed by atoms with E-state index < -0.39 is 0 Å². The molecule has 0 aliphatic heterocycles. The molecule has 0 aliphatic rings. The monoisotopic (exact) mass is 350 g/mol. The maximum absolute atomic E-state index is 12.1. The Balaban J connectivity index is 1.50. The van der Waals surface area contributed by atoms with Gasteiger partial charge in [-0.3, -0.25) is 9.48 Å². The Hall–Kier alpha value is -3.15. The van der Waals surface area contributed by atoms with Crippen molar-refractivity contribution >= 4 is 5.91 Å². The molecule has 134 valence electrons. The van der Waals surface area contributed by atoms with Crippen molar-refractivity contribution in [3.05, 3.63) is 77.7 Å². The standard InChI is InChI=1S/C20H22N4O2/c1-16-12-23-24(14-16)11-9-19(25)22-13-18-8-5-10-21-20(18)26-15-17-6-3-2-4-7-17/h2-8,10,12,14H,9,11,13,15H2,1H3,(H,22,25). The van der Waals surface area contributed by atoms with Crippen LogP contribution in [-0.2, 0) is 24.5 Å². The fraction of sp³-hybridized carbons (Fsp3) is 0.250. The van der Waals surface area contributed by atoms with Crippen LogP contribution >= 0.6 is 0 Å². The average molecular weight is 350 g/mol. The molecule has 3 rings (SSSR count). The average Bonchev–Trinajstić information content (AvgIpc) is 3.10. The minimum atomic E-state index is -0.0315. The number of ether oxygens (including phenoxy) is 1. The van der Waals surface area contributed by atoms with E-state index in [4.69, 9.17) is 4.74 Å². The second kappa shape index (κ2) is 8.80. The SMILES string of the molecule is Cc1cnn(CCC(=O)NCc2cccnc2OCc2ccccc2)c1. The van der Waals surface area contributed by atoms with E-state index in [0.29, 0.717) is 32.0 Å². The normalized spacial score (nSPS) is 10.5. The molecule has 6 nitrogen and oxygen atoms in total. The van der Waals surface area contributed by atoms with Gasteiger partial charge in [0.05, 0.1) is 6.20 Å². The molecule has 0 unspecified atom stereocenters. The number of rotatable bonds is 8. The Morgan fingerprint density at radius 2 is 2.04 bits per heavy atom. The van der Waals surface area contributed by atoms with Crippen LogP contribution < -0.4 is 10.1 Å². The molecule has 1 N–H and O–H groups in total. The van der Waals surface area contributed by atoms with E-state index in [1.165, 1.54) is 0 Å². The number of nitrogens with zero attached hydrogens (tertiary/aromatic N) is 3. The van der Waals surface area contributed by atoms with E-state index in [-0.39, 0.29) is 5.91 Å². The summed E-state index contributed by atoms with van der Waals surface area (Å²) >= 11 is 0. The highest BCUT2D eigenvalue weighted by molar-refractivity contribution is 5.75. The smallest absolute Gasteiger partial charge is 0.222 e. The summed E-state index contributed by atoms with van der Waals surface area (Å²) in [6.45, 7) is 3.36. The second-order valence-corrected chi connectivity index (χ2v) is 6.05. The van der Waals surface area contributed by atoms with Crippen LogP contribution in [0.2, 0.25) is 0 Å². The summed E-state index contributed by atoms with van der Waals surface area (Å²) in [7, 11) is 0. The van der Waals surface area contributed by atoms with Crippen molar-refractivity contribution in [3.8, 4) is 5.88 Å². The zero-order chi connectivity index (χ0) is 18.2. The summed E-state index contributed by atoms with van der Waals surface area (Å²) in [5.41, 5.74) is 3.01. The third-order valence-corrected chi connectivity index (χ3v) is 3.87. The first kappa shape index (κ1) is 17.7. The van der Waals surface area contributed by atoms with Crippen molar-refractivity contribution in [2.24, 2.45) is 0 Å². The maximum atomic E-state index is 12.1. The van der Waals surface area contributed by atoms with E-state index in [1.807, 2.05) is 55.6 Å². The van der Waals surface area contributed by atoms with E-state index in [1.54, 1.807) is 17.1 Å². The molecular weight excluding hydrogens is 328 g/mol. The Morgan fingerprint density at radius 1 is 1.19 bits per heavy atom. The molecule has 0 atom stereocenters. The zero-order valence-corrected chi connectivity index (χ0v) is 14.8. The van der Waals surface area contributed by atoms with E-state index in [0.717, 1.165) is 16.7 Å². The zero-order valence-electron chi connectivity index (χ0n) is 14.8. The number of pyridine rings is 1. The molecule has 26 heavy (non-hydrogen) atoms. The number of carbonyl (C=O) groups excluding carboxylic acids is 1. The molecule has 0 aliphatic carbocycles. The first-order chi connectivity index (χ1) is 12.7. The fourth-order valence-electron chi connectivity index (χ4n) is 2.50. The summed E-state index contributed by atoms with van der Waals surface area (Å²) in [6.07, 6.45) is 5.76. The quantitative estimate of drug-likeness (QED) is 0.678. The largest absolute Gasteiger partial charge is 0.473 e. The van der Waals surface area contributed by atoms with Crippen LogP contribution in [0.25, 0.3) is 0 Å². The van der Waals surface area contributed by atoms with E-state index >= 15 is 0 Å². The predicted octanol–water partition coefficient (Wildman–Crippen LogP) is 2.87. The molecule has 1 amide bonds. The maximum Gasteiger partial charge on any atom is 0.222 e. The molecule has 0 bridgehead atoms. The lowest BCUT2D eigenvalue weighted by molar-refractivity contribution is -0.121. The van der Waals surface area contributed by atoms with Crippen LogP contribution in [0, 0.1) is 6.92 Å². The van der Waals surface area contributed by atoms with Gasteiger partial charge in [-0.1, -0.05) is 36.4 Å². The van der Waals surface area contributed by atoms with Gasteiger partial charge < -0.3 is 10.1 Å². The molecule has 2 heterocycles. The number of aryl methyl sites for hydroxylation is 2. The van der Waals surface area contributed by atoms with Gasteiger partial charge in [0.25, 0.3) is 0 Å². The van der Waals surface area contributed by atoms with Crippen molar-refractivity contribution in [2.75, 3.05) is 0 Å². The summed E-state index contributed by atoms with van der Waals surface area (Å²) in [6, 6.07) is 13.7.